The fourth-order valence-corrected chi connectivity index (χ4v) is 3.55. The Morgan fingerprint density at radius 3 is 2.57 bits per heavy atom. The van der Waals surface area contributed by atoms with Crippen LogP contribution in [-0.2, 0) is 24.4 Å². The van der Waals surface area contributed by atoms with Crippen LogP contribution in [0.3, 0.4) is 0 Å². The van der Waals surface area contributed by atoms with E-state index in [0.717, 1.165) is 34.8 Å². The molecule has 6 heteroatoms. The van der Waals surface area contributed by atoms with E-state index in [0.29, 0.717) is 12.1 Å². The molecule has 0 saturated carbocycles. The Balaban J connectivity index is 1.66. The number of fused-ring (bicyclic) bond motifs is 3. The third kappa shape index (κ3) is 3.29. The van der Waals surface area contributed by atoms with E-state index in [1.807, 2.05) is 59.2 Å². The lowest BCUT2D eigenvalue weighted by molar-refractivity contribution is -0.122. The maximum absolute atomic E-state index is 13.1. The van der Waals surface area contributed by atoms with Crippen molar-refractivity contribution in [3.05, 3.63) is 76.7 Å². The van der Waals surface area contributed by atoms with Gasteiger partial charge < -0.3 is 9.88 Å². The Morgan fingerprint density at radius 1 is 1.04 bits per heavy atom. The fraction of sp³-hybridized carbons (Fsp3) is 0.227. The van der Waals surface area contributed by atoms with Crippen LogP contribution in [0, 0.1) is 0 Å². The summed E-state index contributed by atoms with van der Waals surface area (Å²) in [6, 6.07) is 17.6. The highest BCUT2D eigenvalue weighted by molar-refractivity contribution is 6.07. The van der Waals surface area contributed by atoms with Gasteiger partial charge in [-0.3, -0.25) is 9.59 Å². The van der Waals surface area contributed by atoms with Crippen LogP contribution < -0.4 is 10.9 Å². The lowest BCUT2D eigenvalue weighted by Crippen LogP contribution is -2.33. The van der Waals surface area contributed by atoms with Gasteiger partial charge in [-0.25, -0.2) is 4.68 Å². The molecule has 2 aromatic heterocycles. The minimum absolute atomic E-state index is 0.102. The number of nitrogens with one attached hydrogen (secondary N) is 1. The molecule has 0 atom stereocenters. The van der Waals surface area contributed by atoms with Gasteiger partial charge in [-0.1, -0.05) is 55.5 Å². The molecule has 28 heavy (non-hydrogen) atoms. The van der Waals surface area contributed by atoms with Gasteiger partial charge in [-0.05, 0) is 18.1 Å². The highest BCUT2D eigenvalue weighted by Crippen LogP contribution is 2.26. The molecule has 0 radical (unpaired) electrons. The number of amides is 1. The Labute approximate surface area is 162 Å². The van der Waals surface area contributed by atoms with E-state index in [2.05, 4.69) is 17.3 Å². The standard InChI is InChI=1S/C22H22N4O2/c1-2-12-25-19-11-7-6-10-17(19)18-14-24-26(22(28)21(18)25)15-20(27)23-13-16-8-4-3-5-9-16/h3-11,14H,2,12-13,15H2,1H3,(H,23,27). The fourth-order valence-electron chi connectivity index (χ4n) is 3.55. The first-order valence-corrected chi connectivity index (χ1v) is 9.46. The van der Waals surface area contributed by atoms with Crippen LogP contribution in [0.1, 0.15) is 18.9 Å². The van der Waals surface area contributed by atoms with Crippen molar-refractivity contribution in [1.82, 2.24) is 19.7 Å². The highest BCUT2D eigenvalue weighted by Gasteiger charge is 2.16. The number of hydrogen-bond donors (Lipinski definition) is 1. The van der Waals surface area contributed by atoms with Gasteiger partial charge in [0.25, 0.3) is 5.56 Å². The zero-order valence-corrected chi connectivity index (χ0v) is 15.8. The maximum atomic E-state index is 13.1. The van der Waals surface area contributed by atoms with Crippen LogP contribution in [-0.4, -0.2) is 20.3 Å². The van der Waals surface area contributed by atoms with Gasteiger partial charge >= 0.3 is 0 Å². The van der Waals surface area contributed by atoms with E-state index in [1.54, 1.807) is 6.20 Å². The van der Waals surface area contributed by atoms with Crippen LogP contribution in [0.5, 0.6) is 0 Å². The summed E-state index contributed by atoms with van der Waals surface area (Å²) >= 11 is 0. The van der Waals surface area contributed by atoms with Crippen LogP contribution in [0.25, 0.3) is 21.8 Å². The number of para-hydroxylation sites is 1. The van der Waals surface area contributed by atoms with Crippen molar-refractivity contribution < 1.29 is 4.79 Å². The summed E-state index contributed by atoms with van der Waals surface area (Å²) in [7, 11) is 0. The van der Waals surface area contributed by atoms with Crippen molar-refractivity contribution in [3.8, 4) is 0 Å². The molecule has 0 unspecified atom stereocenters. The molecule has 0 spiro atoms. The average Bonchev–Trinajstić information content (AvgIpc) is 3.04. The molecule has 0 aliphatic carbocycles. The van der Waals surface area contributed by atoms with Gasteiger partial charge in [0.1, 0.15) is 12.1 Å². The Hall–Kier alpha value is -3.41. The second-order valence-electron chi connectivity index (χ2n) is 6.80. The molecule has 2 aromatic carbocycles. The van der Waals surface area contributed by atoms with Gasteiger partial charge in [-0.2, -0.15) is 5.10 Å². The summed E-state index contributed by atoms with van der Waals surface area (Å²) in [5.74, 6) is -0.240. The quantitative estimate of drug-likeness (QED) is 0.564. The number of hydrogen-bond acceptors (Lipinski definition) is 3. The molecular formula is C22H22N4O2. The molecule has 142 valence electrons. The zero-order chi connectivity index (χ0) is 19.5. The first-order chi connectivity index (χ1) is 13.7. The van der Waals surface area contributed by atoms with Gasteiger partial charge in [0.15, 0.2) is 0 Å². The monoisotopic (exact) mass is 374 g/mol. The minimum Gasteiger partial charge on any atom is -0.350 e. The second kappa shape index (κ2) is 7.68. The summed E-state index contributed by atoms with van der Waals surface area (Å²) in [4.78, 5) is 25.4. The number of nitrogens with zero attached hydrogens (tertiary/aromatic N) is 3. The highest BCUT2D eigenvalue weighted by atomic mass is 16.2. The molecule has 0 aliphatic rings. The number of rotatable bonds is 6. The number of aryl methyl sites for hydroxylation is 1. The second-order valence-corrected chi connectivity index (χ2v) is 6.80. The number of carbonyl (C=O) groups is 1. The van der Waals surface area contributed by atoms with E-state index in [-0.39, 0.29) is 18.0 Å². The van der Waals surface area contributed by atoms with Crippen molar-refractivity contribution in [1.29, 1.82) is 0 Å². The van der Waals surface area contributed by atoms with Gasteiger partial charge in [0, 0.05) is 29.4 Å². The summed E-state index contributed by atoms with van der Waals surface area (Å²) in [5, 5.41) is 8.94. The summed E-state index contributed by atoms with van der Waals surface area (Å²) in [6.07, 6.45) is 2.60. The first-order valence-electron chi connectivity index (χ1n) is 9.46. The van der Waals surface area contributed by atoms with Crippen LogP contribution in [0.2, 0.25) is 0 Å². The molecule has 4 rings (SSSR count). The third-order valence-corrected chi connectivity index (χ3v) is 4.85. The average molecular weight is 374 g/mol. The Bertz CT molecular complexity index is 1190. The molecule has 4 aromatic rings. The number of benzene rings is 2. The topological polar surface area (TPSA) is 68.9 Å². The normalized spacial score (nSPS) is 11.2. The molecule has 0 bridgehead atoms. The largest absolute Gasteiger partial charge is 0.350 e. The maximum Gasteiger partial charge on any atom is 0.291 e. The van der Waals surface area contributed by atoms with Crippen molar-refractivity contribution >= 4 is 27.7 Å². The Morgan fingerprint density at radius 2 is 1.79 bits per heavy atom. The summed E-state index contributed by atoms with van der Waals surface area (Å²) in [6.45, 7) is 3.14. The van der Waals surface area contributed by atoms with E-state index < -0.39 is 0 Å². The molecular weight excluding hydrogens is 352 g/mol. The van der Waals surface area contributed by atoms with Crippen molar-refractivity contribution in [3.63, 3.8) is 0 Å². The first kappa shape index (κ1) is 18.0. The van der Waals surface area contributed by atoms with Crippen molar-refractivity contribution in [2.45, 2.75) is 33.0 Å². The molecule has 0 aliphatic heterocycles. The SMILES string of the molecule is CCCn1c2ccccc2c2cnn(CC(=O)NCc3ccccc3)c(=O)c21. The molecule has 0 saturated heterocycles. The smallest absolute Gasteiger partial charge is 0.291 e. The molecule has 2 heterocycles. The predicted molar refractivity (Wildman–Crippen MR) is 110 cm³/mol. The predicted octanol–water partition coefficient (Wildman–Crippen LogP) is 3.08. The van der Waals surface area contributed by atoms with Gasteiger partial charge in [-0.15, -0.1) is 0 Å². The Kier molecular flexibility index (Phi) is 4.93. The van der Waals surface area contributed by atoms with E-state index in [1.165, 1.54) is 4.68 Å². The van der Waals surface area contributed by atoms with Crippen LogP contribution in [0.15, 0.2) is 65.6 Å². The zero-order valence-electron chi connectivity index (χ0n) is 15.8. The summed E-state index contributed by atoms with van der Waals surface area (Å²) in [5.41, 5.74) is 2.39. The minimum atomic E-state index is -0.240. The number of carbonyl (C=O) groups excluding carboxylic acids is 1. The molecule has 1 amide bonds. The van der Waals surface area contributed by atoms with Crippen LogP contribution in [0.4, 0.5) is 0 Å². The lowest BCUT2D eigenvalue weighted by atomic mass is 10.2. The molecule has 1 N–H and O–H groups in total. The van der Waals surface area contributed by atoms with E-state index in [9.17, 15) is 9.59 Å². The molecule has 0 fully saturated rings. The lowest BCUT2D eigenvalue weighted by Gasteiger charge is -2.08. The number of aromatic nitrogens is 3. The molecule has 6 nitrogen and oxygen atoms in total. The van der Waals surface area contributed by atoms with Gasteiger partial charge in [0.2, 0.25) is 5.91 Å². The van der Waals surface area contributed by atoms with Crippen molar-refractivity contribution in [2.24, 2.45) is 0 Å². The van der Waals surface area contributed by atoms with Crippen LogP contribution >= 0.6 is 0 Å². The third-order valence-electron chi connectivity index (χ3n) is 4.85. The summed E-state index contributed by atoms with van der Waals surface area (Å²) < 4.78 is 3.28. The van der Waals surface area contributed by atoms with Gasteiger partial charge in [0.05, 0.1) is 6.20 Å². The van der Waals surface area contributed by atoms with E-state index in [4.69, 9.17) is 0 Å². The van der Waals surface area contributed by atoms with E-state index >= 15 is 0 Å². The van der Waals surface area contributed by atoms with Crippen molar-refractivity contribution in [2.75, 3.05) is 0 Å².